The smallest absolute Gasteiger partial charge is 0.256 e. The molecule has 0 unspecified atom stereocenters. The Kier molecular flexibility index (Phi) is 3.97. The summed E-state index contributed by atoms with van der Waals surface area (Å²) in [7, 11) is 0. The van der Waals surface area contributed by atoms with Crippen molar-refractivity contribution in [3.05, 3.63) is 42.4 Å². The lowest BCUT2D eigenvalue weighted by molar-refractivity contribution is -0.132. The summed E-state index contributed by atoms with van der Waals surface area (Å²) in [5.41, 5.74) is -0.740. The molecule has 1 aliphatic carbocycles. The number of aromatic nitrogens is 3. The number of rotatable bonds is 4. The van der Waals surface area contributed by atoms with Gasteiger partial charge in [-0.25, -0.2) is 18.4 Å². The van der Waals surface area contributed by atoms with Gasteiger partial charge in [0.2, 0.25) is 5.91 Å². The van der Waals surface area contributed by atoms with Crippen molar-refractivity contribution in [3.8, 4) is 5.82 Å². The first kappa shape index (κ1) is 17.6. The molecule has 1 aliphatic heterocycles. The van der Waals surface area contributed by atoms with Crippen LogP contribution in [-0.2, 0) is 4.79 Å². The predicted molar refractivity (Wildman–Crippen MR) is 91.5 cm³/mol. The molecule has 2 atom stereocenters. The van der Waals surface area contributed by atoms with Crippen molar-refractivity contribution in [2.45, 2.75) is 31.7 Å². The van der Waals surface area contributed by atoms with Gasteiger partial charge in [-0.05, 0) is 31.5 Å². The van der Waals surface area contributed by atoms with E-state index in [1.54, 1.807) is 42.2 Å². The summed E-state index contributed by atoms with van der Waals surface area (Å²) in [6.07, 6.45) is 4.91. The summed E-state index contributed by atoms with van der Waals surface area (Å²) in [6.45, 7) is 1.91. The van der Waals surface area contributed by atoms with E-state index in [1.165, 1.54) is 11.1 Å². The third kappa shape index (κ3) is 3.07. The second kappa shape index (κ2) is 6.11. The Bertz CT molecular complexity index is 868. The van der Waals surface area contributed by atoms with E-state index in [4.69, 9.17) is 0 Å². The zero-order valence-corrected chi connectivity index (χ0v) is 14.7. The van der Waals surface area contributed by atoms with Crippen molar-refractivity contribution >= 4 is 11.8 Å². The lowest BCUT2D eigenvalue weighted by Crippen LogP contribution is -2.46. The fraction of sp³-hybridized carbons (Fsp3) is 0.444. The molecule has 1 N–H and O–H groups in total. The number of hydrogen-bond donors (Lipinski definition) is 1. The van der Waals surface area contributed by atoms with E-state index >= 15 is 0 Å². The number of carbonyl (C=O) groups is 2. The number of halogens is 2. The molecule has 4 rings (SSSR count). The fourth-order valence-corrected chi connectivity index (χ4v) is 3.56. The highest BCUT2D eigenvalue weighted by Crippen LogP contribution is 2.65. The molecule has 1 saturated heterocycles. The van der Waals surface area contributed by atoms with E-state index in [0.717, 1.165) is 0 Å². The van der Waals surface area contributed by atoms with Crippen molar-refractivity contribution in [1.29, 1.82) is 0 Å². The minimum atomic E-state index is -2.67. The Morgan fingerprint density at radius 1 is 1.33 bits per heavy atom. The summed E-state index contributed by atoms with van der Waals surface area (Å²) >= 11 is 0. The van der Waals surface area contributed by atoms with Crippen LogP contribution in [-0.4, -0.2) is 56.5 Å². The first-order chi connectivity index (χ1) is 12.8. The van der Waals surface area contributed by atoms with E-state index in [2.05, 4.69) is 15.4 Å². The number of alkyl halides is 2. The lowest BCUT2D eigenvalue weighted by atomic mass is 10.1. The third-order valence-corrected chi connectivity index (χ3v) is 5.34. The maximum absolute atomic E-state index is 13.5. The summed E-state index contributed by atoms with van der Waals surface area (Å²) in [5.74, 6) is -2.89. The van der Waals surface area contributed by atoms with Gasteiger partial charge in [-0.2, -0.15) is 5.10 Å². The van der Waals surface area contributed by atoms with Crippen molar-refractivity contribution < 1.29 is 18.4 Å². The van der Waals surface area contributed by atoms with Gasteiger partial charge in [0, 0.05) is 38.1 Å². The number of hydrogen-bond acceptors (Lipinski definition) is 4. The molecule has 0 radical (unpaired) electrons. The Labute approximate surface area is 154 Å². The average molecular weight is 375 g/mol. The molecule has 142 valence electrons. The average Bonchev–Trinajstić information content (AvgIpc) is 3.10. The van der Waals surface area contributed by atoms with Gasteiger partial charge in [-0.3, -0.25) is 9.59 Å². The summed E-state index contributed by atoms with van der Waals surface area (Å²) in [4.78, 5) is 30.4. The highest BCUT2D eigenvalue weighted by atomic mass is 19.3. The zero-order chi connectivity index (χ0) is 19.2. The molecule has 2 fully saturated rings. The number of likely N-dealkylation sites (tertiary alicyclic amines) is 1. The van der Waals surface area contributed by atoms with E-state index < -0.39 is 23.3 Å². The highest BCUT2D eigenvalue weighted by Gasteiger charge is 2.73. The van der Waals surface area contributed by atoms with E-state index in [9.17, 15) is 18.4 Å². The van der Waals surface area contributed by atoms with Crippen LogP contribution in [0, 0.1) is 5.41 Å². The minimum absolute atomic E-state index is 0.0547. The lowest BCUT2D eigenvalue weighted by Gasteiger charge is -2.22. The molecule has 7 nitrogen and oxygen atoms in total. The largest absolute Gasteiger partial charge is 0.340 e. The van der Waals surface area contributed by atoms with Crippen LogP contribution in [0.3, 0.4) is 0 Å². The first-order valence-corrected chi connectivity index (χ1v) is 8.75. The minimum Gasteiger partial charge on any atom is -0.340 e. The van der Waals surface area contributed by atoms with Gasteiger partial charge in [0.25, 0.3) is 11.8 Å². The molecule has 3 heterocycles. The molecule has 1 saturated carbocycles. The van der Waals surface area contributed by atoms with Crippen LogP contribution in [0.4, 0.5) is 8.78 Å². The Balaban J connectivity index is 1.36. The molecule has 0 aromatic carbocycles. The Morgan fingerprint density at radius 3 is 2.67 bits per heavy atom. The van der Waals surface area contributed by atoms with Crippen molar-refractivity contribution in [3.63, 3.8) is 0 Å². The second-order valence-electron chi connectivity index (χ2n) is 7.22. The number of carbonyl (C=O) groups excluding carboxylic acids is 2. The van der Waals surface area contributed by atoms with E-state index in [0.29, 0.717) is 24.3 Å². The molecule has 2 aromatic heterocycles. The SMILES string of the molecule is C[C@H](NC(=O)c1ccc(-n2cccn2)nc1)C(=O)N1CC[C@]2(C1)CC2(F)F. The van der Waals surface area contributed by atoms with Crippen LogP contribution in [0.15, 0.2) is 36.8 Å². The molecule has 1 spiro atoms. The van der Waals surface area contributed by atoms with Gasteiger partial charge in [0.15, 0.2) is 5.82 Å². The number of nitrogens with zero attached hydrogens (tertiary/aromatic N) is 4. The van der Waals surface area contributed by atoms with Crippen LogP contribution in [0.1, 0.15) is 30.1 Å². The summed E-state index contributed by atoms with van der Waals surface area (Å²) < 4.78 is 28.5. The van der Waals surface area contributed by atoms with Gasteiger partial charge in [-0.1, -0.05) is 0 Å². The molecule has 2 aliphatic rings. The molecular formula is C18H19F2N5O2. The number of amides is 2. The van der Waals surface area contributed by atoms with Gasteiger partial charge in [0.05, 0.1) is 11.0 Å². The monoisotopic (exact) mass is 375 g/mol. The molecule has 27 heavy (non-hydrogen) atoms. The molecule has 0 bridgehead atoms. The van der Waals surface area contributed by atoms with Crippen molar-refractivity contribution in [2.75, 3.05) is 13.1 Å². The van der Waals surface area contributed by atoms with Crippen molar-refractivity contribution in [1.82, 2.24) is 25.0 Å². The molecule has 2 amide bonds. The maximum Gasteiger partial charge on any atom is 0.256 e. The second-order valence-corrected chi connectivity index (χ2v) is 7.22. The Morgan fingerprint density at radius 2 is 2.11 bits per heavy atom. The van der Waals surface area contributed by atoms with Crippen molar-refractivity contribution in [2.24, 2.45) is 5.41 Å². The predicted octanol–water partition coefficient (Wildman–Crippen LogP) is 1.64. The van der Waals surface area contributed by atoms with Crippen LogP contribution < -0.4 is 5.32 Å². The van der Waals surface area contributed by atoms with Crippen LogP contribution >= 0.6 is 0 Å². The number of pyridine rings is 1. The van der Waals surface area contributed by atoms with E-state index in [-0.39, 0.29) is 18.9 Å². The van der Waals surface area contributed by atoms with Crippen LogP contribution in [0.5, 0.6) is 0 Å². The van der Waals surface area contributed by atoms with E-state index in [1.807, 2.05) is 0 Å². The maximum atomic E-state index is 13.5. The normalized spacial score (nSPS) is 24.0. The van der Waals surface area contributed by atoms with Crippen LogP contribution in [0.25, 0.3) is 5.82 Å². The van der Waals surface area contributed by atoms with Gasteiger partial charge < -0.3 is 10.2 Å². The van der Waals surface area contributed by atoms with Gasteiger partial charge >= 0.3 is 0 Å². The molecule has 2 aromatic rings. The third-order valence-electron chi connectivity index (χ3n) is 5.34. The summed E-state index contributed by atoms with van der Waals surface area (Å²) in [6, 6.07) is 4.20. The van der Waals surface area contributed by atoms with Crippen LogP contribution in [0.2, 0.25) is 0 Å². The quantitative estimate of drug-likeness (QED) is 0.881. The first-order valence-electron chi connectivity index (χ1n) is 8.75. The van der Waals surface area contributed by atoms with Gasteiger partial charge in [-0.15, -0.1) is 0 Å². The molecule has 9 heteroatoms. The molecular weight excluding hydrogens is 356 g/mol. The Hall–Kier alpha value is -2.84. The highest BCUT2D eigenvalue weighted by molar-refractivity contribution is 5.97. The van der Waals surface area contributed by atoms with Gasteiger partial charge in [0.1, 0.15) is 6.04 Å². The number of nitrogens with one attached hydrogen (secondary N) is 1. The standard InChI is InChI=1S/C18H19F2N5O2/c1-12(16(27)24-8-5-17(11-24)10-18(17,19)20)23-15(26)13-3-4-14(21-9-13)25-7-2-6-22-25/h2-4,6-7,9,12H,5,8,10-11H2,1H3,(H,23,26)/t12-,17+/m0/s1. The fourth-order valence-electron chi connectivity index (χ4n) is 3.56. The zero-order valence-electron chi connectivity index (χ0n) is 14.7. The summed E-state index contributed by atoms with van der Waals surface area (Å²) in [5, 5.41) is 6.67. The topological polar surface area (TPSA) is 80.1 Å².